The zero-order valence-electron chi connectivity index (χ0n) is 11.5. The molecule has 0 spiro atoms. The molecule has 1 N–H and O–H groups in total. The van der Waals surface area contributed by atoms with Crippen LogP contribution < -0.4 is 10.2 Å². The van der Waals surface area contributed by atoms with Crippen LogP contribution in [0.3, 0.4) is 0 Å². The van der Waals surface area contributed by atoms with E-state index in [-0.39, 0.29) is 18.2 Å². The van der Waals surface area contributed by atoms with Gasteiger partial charge in [0.25, 0.3) is 5.91 Å². The van der Waals surface area contributed by atoms with Crippen LogP contribution in [0.1, 0.15) is 16.4 Å². The SMILES string of the molecule is O=C(NCc1nccc(N2CCOCC2)n1)c1ccco1. The van der Waals surface area contributed by atoms with E-state index < -0.39 is 0 Å². The summed E-state index contributed by atoms with van der Waals surface area (Å²) >= 11 is 0. The number of anilines is 1. The second-order valence-electron chi connectivity index (χ2n) is 4.59. The number of carbonyl (C=O) groups is 1. The highest BCUT2D eigenvalue weighted by molar-refractivity contribution is 5.91. The molecular formula is C14H16N4O3. The highest BCUT2D eigenvalue weighted by Crippen LogP contribution is 2.11. The van der Waals surface area contributed by atoms with Crippen LogP contribution in [0.5, 0.6) is 0 Å². The van der Waals surface area contributed by atoms with Gasteiger partial charge in [0.1, 0.15) is 11.6 Å². The number of hydrogen-bond donors (Lipinski definition) is 1. The number of rotatable bonds is 4. The Labute approximate surface area is 121 Å². The van der Waals surface area contributed by atoms with Crippen molar-refractivity contribution in [2.24, 2.45) is 0 Å². The molecule has 7 nitrogen and oxygen atoms in total. The Hall–Kier alpha value is -2.41. The Bertz CT molecular complexity index is 594. The number of hydrogen-bond acceptors (Lipinski definition) is 6. The third-order valence-electron chi connectivity index (χ3n) is 3.18. The minimum absolute atomic E-state index is 0.262. The van der Waals surface area contributed by atoms with Crippen LogP contribution in [-0.2, 0) is 11.3 Å². The van der Waals surface area contributed by atoms with Gasteiger partial charge in [0.15, 0.2) is 5.76 Å². The van der Waals surface area contributed by atoms with E-state index in [1.54, 1.807) is 18.3 Å². The predicted octanol–water partition coefficient (Wildman–Crippen LogP) is 0.836. The van der Waals surface area contributed by atoms with Crippen molar-refractivity contribution in [3.05, 3.63) is 42.2 Å². The summed E-state index contributed by atoms with van der Waals surface area (Å²) in [5, 5.41) is 2.73. The van der Waals surface area contributed by atoms with Gasteiger partial charge in [-0.05, 0) is 18.2 Å². The van der Waals surface area contributed by atoms with Gasteiger partial charge in [-0.1, -0.05) is 0 Å². The van der Waals surface area contributed by atoms with Crippen molar-refractivity contribution in [3.8, 4) is 0 Å². The van der Waals surface area contributed by atoms with Gasteiger partial charge in [-0.25, -0.2) is 9.97 Å². The van der Waals surface area contributed by atoms with Gasteiger partial charge in [0.05, 0.1) is 26.0 Å². The lowest BCUT2D eigenvalue weighted by molar-refractivity contribution is 0.0922. The molecule has 21 heavy (non-hydrogen) atoms. The smallest absolute Gasteiger partial charge is 0.287 e. The van der Waals surface area contributed by atoms with Crippen molar-refractivity contribution >= 4 is 11.7 Å². The molecule has 2 aromatic rings. The lowest BCUT2D eigenvalue weighted by atomic mass is 10.4. The molecule has 110 valence electrons. The molecule has 0 atom stereocenters. The molecule has 2 aromatic heterocycles. The minimum atomic E-state index is -0.277. The number of carbonyl (C=O) groups excluding carboxylic acids is 1. The Morgan fingerprint density at radius 1 is 1.33 bits per heavy atom. The van der Waals surface area contributed by atoms with E-state index in [0.29, 0.717) is 19.0 Å². The van der Waals surface area contributed by atoms with Crippen LogP contribution in [0.25, 0.3) is 0 Å². The Morgan fingerprint density at radius 2 is 2.19 bits per heavy atom. The second kappa shape index (κ2) is 6.36. The molecule has 0 saturated carbocycles. The lowest BCUT2D eigenvalue weighted by Gasteiger charge is -2.27. The molecule has 1 aliphatic heterocycles. The first-order valence-electron chi connectivity index (χ1n) is 6.79. The summed E-state index contributed by atoms with van der Waals surface area (Å²) in [6.45, 7) is 3.30. The van der Waals surface area contributed by atoms with E-state index >= 15 is 0 Å². The maximum Gasteiger partial charge on any atom is 0.287 e. The van der Waals surface area contributed by atoms with Gasteiger partial charge in [-0.3, -0.25) is 4.79 Å². The topological polar surface area (TPSA) is 80.5 Å². The highest BCUT2D eigenvalue weighted by atomic mass is 16.5. The summed E-state index contributed by atoms with van der Waals surface area (Å²) in [5.41, 5.74) is 0. The number of morpholine rings is 1. The van der Waals surface area contributed by atoms with Crippen LogP contribution in [0.15, 0.2) is 35.1 Å². The molecular weight excluding hydrogens is 272 g/mol. The fourth-order valence-corrected chi connectivity index (χ4v) is 2.10. The van der Waals surface area contributed by atoms with E-state index in [1.807, 2.05) is 6.07 Å². The van der Waals surface area contributed by atoms with Crippen molar-refractivity contribution in [2.75, 3.05) is 31.2 Å². The maximum atomic E-state index is 11.8. The maximum absolute atomic E-state index is 11.8. The Balaban J connectivity index is 1.62. The number of nitrogens with zero attached hydrogens (tertiary/aromatic N) is 3. The molecule has 3 heterocycles. The first-order chi connectivity index (χ1) is 10.3. The Kier molecular flexibility index (Phi) is 4.11. The second-order valence-corrected chi connectivity index (χ2v) is 4.59. The lowest BCUT2D eigenvalue weighted by Crippen LogP contribution is -2.37. The molecule has 1 aliphatic rings. The van der Waals surface area contributed by atoms with Crippen LogP contribution in [-0.4, -0.2) is 42.2 Å². The molecule has 1 fully saturated rings. The minimum Gasteiger partial charge on any atom is -0.459 e. The molecule has 3 rings (SSSR count). The van der Waals surface area contributed by atoms with Crippen LogP contribution >= 0.6 is 0 Å². The van der Waals surface area contributed by atoms with Crippen molar-refractivity contribution in [1.29, 1.82) is 0 Å². The summed E-state index contributed by atoms with van der Waals surface area (Å²) in [7, 11) is 0. The van der Waals surface area contributed by atoms with Crippen molar-refractivity contribution in [3.63, 3.8) is 0 Å². The van der Waals surface area contributed by atoms with E-state index in [0.717, 1.165) is 18.9 Å². The summed E-state index contributed by atoms with van der Waals surface area (Å²) in [6, 6.07) is 5.15. The van der Waals surface area contributed by atoms with Gasteiger partial charge in [0, 0.05) is 19.3 Å². The summed E-state index contributed by atoms with van der Waals surface area (Å²) in [6.07, 6.45) is 3.16. The molecule has 0 bridgehead atoms. The number of nitrogens with one attached hydrogen (secondary N) is 1. The Morgan fingerprint density at radius 3 is 2.95 bits per heavy atom. The number of furan rings is 1. The molecule has 0 radical (unpaired) electrons. The van der Waals surface area contributed by atoms with Gasteiger partial charge in [-0.15, -0.1) is 0 Å². The van der Waals surface area contributed by atoms with E-state index in [4.69, 9.17) is 9.15 Å². The molecule has 0 aromatic carbocycles. The van der Waals surface area contributed by atoms with E-state index in [1.165, 1.54) is 6.26 Å². The normalized spacial score (nSPS) is 15.0. The fraction of sp³-hybridized carbons (Fsp3) is 0.357. The van der Waals surface area contributed by atoms with Crippen molar-refractivity contribution in [1.82, 2.24) is 15.3 Å². The highest BCUT2D eigenvalue weighted by Gasteiger charge is 2.13. The van der Waals surface area contributed by atoms with Crippen molar-refractivity contribution < 1.29 is 13.9 Å². The number of aromatic nitrogens is 2. The van der Waals surface area contributed by atoms with Crippen LogP contribution in [0, 0.1) is 0 Å². The third kappa shape index (κ3) is 3.38. The first-order valence-corrected chi connectivity index (χ1v) is 6.79. The van der Waals surface area contributed by atoms with Crippen LogP contribution in [0.2, 0.25) is 0 Å². The molecule has 1 amide bonds. The first kappa shape index (κ1) is 13.6. The summed E-state index contributed by atoms with van der Waals surface area (Å²) < 4.78 is 10.3. The zero-order chi connectivity index (χ0) is 14.5. The van der Waals surface area contributed by atoms with Crippen molar-refractivity contribution in [2.45, 2.75) is 6.54 Å². The van der Waals surface area contributed by atoms with Gasteiger partial charge in [0.2, 0.25) is 0 Å². The van der Waals surface area contributed by atoms with E-state index in [9.17, 15) is 4.79 Å². The fourth-order valence-electron chi connectivity index (χ4n) is 2.10. The average molecular weight is 288 g/mol. The monoisotopic (exact) mass is 288 g/mol. The molecule has 7 heteroatoms. The zero-order valence-corrected chi connectivity index (χ0v) is 11.5. The number of amides is 1. The van der Waals surface area contributed by atoms with Gasteiger partial charge in [-0.2, -0.15) is 0 Å². The molecule has 1 saturated heterocycles. The van der Waals surface area contributed by atoms with Gasteiger partial charge < -0.3 is 19.4 Å². The molecule has 0 aliphatic carbocycles. The summed E-state index contributed by atoms with van der Waals surface area (Å²) in [5.74, 6) is 1.43. The average Bonchev–Trinajstić information content (AvgIpc) is 3.08. The number of ether oxygens (including phenoxy) is 1. The van der Waals surface area contributed by atoms with Crippen LogP contribution in [0.4, 0.5) is 5.82 Å². The van der Waals surface area contributed by atoms with E-state index in [2.05, 4.69) is 20.2 Å². The molecule has 0 unspecified atom stereocenters. The summed E-state index contributed by atoms with van der Waals surface area (Å²) in [4.78, 5) is 22.6. The quantitative estimate of drug-likeness (QED) is 0.898. The standard InChI is InChI=1S/C14H16N4O3/c19-14(11-2-1-7-21-11)16-10-12-15-4-3-13(17-12)18-5-8-20-9-6-18/h1-4,7H,5-6,8-10H2,(H,16,19). The largest absolute Gasteiger partial charge is 0.459 e. The third-order valence-corrected chi connectivity index (χ3v) is 3.18. The van der Waals surface area contributed by atoms with Gasteiger partial charge >= 0.3 is 0 Å². The predicted molar refractivity (Wildman–Crippen MR) is 74.9 cm³/mol.